The Labute approximate surface area is 168 Å². The number of rotatable bonds is 9. The van der Waals surface area contributed by atoms with Crippen LogP contribution in [0.2, 0.25) is 0 Å². The van der Waals surface area contributed by atoms with Gasteiger partial charge >= 0.3 is 5.97 Å². The van der Waals surface area contributed by atoms with Crippen LogP contribution < -0.4 is 10.1 Å². The molecule has 1 aromatic heterocycles. The Morgan fingerprint density at radius 1 is 1.07 bits per heavy atom. The van der Waals surface area contributed by atoms with Crippen molar-refractivity contribution in [3.05, 3.63) is 65.4 Å². The molecule has 1 heterocycles. The molecule has 0 aliphatic rings. The topological polar surface area (TPSA) is 87.0 Å². The zero-order valence-corrected chi connectivity index (χ0v) is 16.4. The highest BCUT2D eigenvalue weighted by molar-refractivity contribution is 5.96. The molecule has 0 radical (unpaired) electrons. The lowest BCUT2D eigenvalue weighted by Gasteiger charge is -2.07. The Kier molecular flexibility index (Phi) is 6.86. The van der Waals surface area contributed by atoms with E-state index in [1.165, 1.54) is 0 Å². The fourth-order valence-electron chi connectivity index (χ4n) is 2.80. The molecule has 0 saturated heterocycles. The van der Waals surface area contributed by atoms with Crippen molar-refractivity contribution < 1.29 is 28.2 Å². The molecule has 29 heavy (non-hydrogen) atoms. The lowest BCUT2D eigenvalue weighted by Crippen LogP contribution is -2.28. The van der Waals surface area contributed by atoms with E-state index in [2.05, 4.69) is 5.32 Å². The summed E-state index contributed by atoms with van der Waals surface area (Å²) in [7, 11) is 1.59. The van der Waals surface area contributed by atoms with E-state index >= 15 is 0 Å². The Hall–Kier alpha value is -3.32. The molecule has 1 amide bonds. The quantitative estimate of drug-likeness (QED) is 0.557. The van der Waals surface area contributed by atoms with E-state index in [0.29, 0.717) is 24.3 Å². The molecule has 7 heteroatoms. The van der Waals surface area contributed by atoms with E-state index in [1.54, 1.807) is 13.2 Å². The molecule has 0 spiro atoms. The number of fused-ring (bicyclic) bond motifs is 1. The average molecular weight is 397 g/mol. The largest absolute Gasteiger partial charge is 0.497 e. The molecule has 3 rings (SSSR count). The van der Waals surface area contributed by atoms with Crippen LogP contribution in [-0.4, -0.2) is 32.2 Å². The van der Waals surface area contributed by atoms with Crippen LogP contribution in [0.4, 0.5) is 0 Å². The summed E-state index contributed by atoms with van der Waals surface area (Å²) < 4.78 is 21.3. The van der Waals surface area contributed by atoms with Gasteiger partial charge in [-0.15, -0.1) is 0 Å². The molecule has 152 valence electrons. The summed E-state index contributed by atoms with van der Waals surface area (Å²) in [4.78, 5) is 24.5. The van der Waals surface area contributed by atoms with Crippen molar-refractivity contribution in [1.82, 2.24) is 5.32 Å². The van der Waals surface area contributed by atoms with Gasteiger partial charge in [-0.2, -0.15) is 0 Å². The van der Waals surface area contributed by atoms with Crippen molar-refractivity contribution in [2.75, 3.05) is 20.3 Å². The van der Waals surface area contributed by atoms with Crippen molar-refractivity contribution in [1.29, 1.82) is 0 Å². The smallest absolute Gasteiger partial charge is 0.375 e. The number of carbonyl (C=O) groups is 2. The highest BCUT2D eigenvalue weighted by Crippen LogP contribution is 2.27. The minimum atomic E-state index is -0.699. The lowest BCUT2D eigenvalue weighted by molar-refractivity contribution is -0.124. The average Bonchev–Trinajstić information content (AvgIpc) is 3.13. The molecule has 0 atom stereocenters. The third kappa shape index (κ3) is 5.14. The number of ether oxygens (including phenoxy) is 3. The number of methoxy groups -OCH3 is 1. The molecule has 1 N–H and O–H groups in total. The standard InChI is InChI=1S/C22H23NO6/c1-3-27-13-18-17-6-4-5-7-19(17)29-21(18)22(25)28-14-20(24)23-12-15-8-10-16(26-2)11-9-15/h4-11H,3,12-14H2,1-2H3,(H,23,24). The van der Waals surface area contributed by atoms with Crippen LogP contribution in [0.3, 0.4) is 0 Å². The first-order valence-electron chi connectivity index (χ1n) is 9.27. The summed E-state index contributed by atoms with van der Waals surface area (Å²) in [6.07, 6.45) is 0. The van der Waals surface area contributed by atoms with E-state index < -0.39 is 18.5 Å². The second-order valence-electron chi connectivity index (χ2n) is 6.24. The van der Waals surface area contributed by atoms with Crippen molar-refractivity contribution >= 4 is 22.8 Å². The van der Waals surface area contributed by atoms with Crippen LogP contribution in [0.1, 0.15) is 28.6 Å². The lowest BCUT2D eigenvalue weighted by atomic mass is 10.1. The third-order valence-electron chi connectivity index (χ3n) is 4.32. The van der Waals surface area contributed by atoms with E-state index in [-0.39, 0.29) is 12.4 Å². The number of hydrogen-bond donors (Lipinski definition) is 1. The predicted octanol–water partition coefficient (Wildman–Crippen LogP) is 3.45. The van der Waals surface area contributed by atoms with Gasteiger partial charge in [0.05, 0.1) is 13.7 Å². The Morgan fingerprint density at radius 2 is 1.83 bits per heavy atom. The maximum Gasteiger partial charge on any atom is 0.375 e. The van der Waals surface area contributed by atoms with Gasteiger partial charge in [-0.25, -0.2) is 4.79 Å². The second-order valence-corrected chi connectivity index (χ2v) is 6.24. The van der Waals surface area contributed by atoms with Gasteiger partial charge in [-0.3, -0.25) is 4.79 Å². The van der Waals surface area contributed by atoms with Crippen molar-refractivity contribution in [3.63, 3.8) is 0 Å². The first-order chi connectivity index (χ1) is 14.1. The molecule has 0 aliphatic carbocycles. The number of carbonyl (C=O) groups excluding carboxylic acids is 2. The second kappa shape index (κ2) is 9.75. The Bertz CT molecular complexity index is 977. The summed E-state index contributed by atoms with van der Waals surface area (Å²) in [5.74, 6) is -0.308. The van der Waals surface area contributed by atoms with Crippen LogP contribution in [0.5, 0.6) is 5.75 Å². The molecule has 0 fully saturated rings. The van der Waals surface area contributed by atoms with Crippen LogP contribution in [0, 0.1) is 0 Å². The van der Waals surface area contributed by atoms with Gasteiger partial charge in [0.1, 0.15) is 11.3 Å². The van der Waals surface area contributed by atoms with Gasteiger partial charge in [-0.05, 0) is 30.7 Å². The van der Waals surface area contributed by atoms with Crippen molar-refractivity contribution in [3.8, 4) is 5.75 Å². The maximum absolute atomic E-state index is 12.5. The molecule has 0 saturated carbocycles. The predicted molar refractivity (Wildman–Crippen MR) is 107 cm³/mol. The number of nitrogens with one attached hydrogen (secondary N) is 1. The van der Waals surface area contributed by atoms with E-state index in [9.17, 15) is 9.59 Å². The highest BCUT2D eigenvalue weighted by Gasteiger charge is 2.22. The summed E-state index contributed by atoms with van der Waals surface area (Å²) in [6.45, 7) is 2.51. The number of furan rings is 1. The van der Waals surface area contributed by atoms with Gasteiger partial charge in [0.25, 0.3) is 5.91 Å². The number of hydrogen-bond acceptors (Lipinski definition) is 6. The number of amides is 1. The minimum absolute atomic E-state index is 0.0580. The van der Waals surface area contributed by atoms with Gasteiger partial charge in [0.15, 0.2) is 6.61 Å². The van der Waals surface area contributed by atoms with Gasteiger partial charge < -0.3 is 23.9 Å². The zero-order chi connectivity index (χ0) is 20.6. The highest BCUT2D eigenvalue weighted by atomic mass is 16.5. The van der Waals surface area contributed by atoms with Crippen molar-refractivity contribution in [2.24, 2.45) is 0 Å². The molecule has 3 aromatic rings. The van der Waals surface area contributed by atoms with E-state index in [0.717, 1.165) is 16.7 Å². The normalized spacial score (nSPS) is 10.7. The first-order valence-corrected chi connectivity index (χ1v) is 9.27. The maximum atomic E-state index is 12.5. The van der Waals surface area contributed by atoms with Gasteiger partial charge in [0.2, 0.25) is 5.76 Å². The molecule has 2 aromatic carbocycles. The summed E-state index contributed by atoms with van der Waals surface area (Å²) in [5, 5.41) is 3.50. The van der Waals surface area contributed by atoms with Crippen LogP contribution in [0.25, 0.3) is 11.0 Å². The first kappa shape index (κ1) is 20.4. The number of para-hydroxylation sites is 1. The monoisotopic (exact) mass is 397 g/mol. The van der Waals surface area contributed by atoms with Crippen LogP contribution in [0.15, 0.2) is 52.9 Å². The number of benzene rings is 2. The fraction of sp³-hybridized carbons (Fsp3) is 0.273. The Balaban J connectivity index is 1.59. The number of esters is 1. The van der Waals surface area contributed by atoms with Gasteiger partial charge in [-0.1, -0.05) is 30.3 Å². The summed E-state index contributed by atoms with van der Waals surface area (Å²) >= 11 is 0. The van der Waals surface area contributed by atoms with Crippen LogP contribution in [-0.2, 0) is 27.4 Å². The van der Waals surface area contributed by atoms with Crippen LogP contribution >= 0.6 is 0 Å². The molecule has 0 bridgehead atoms. The van der Waals surface area contributed by atoms with Gasteiger partial charge in [0, 0.05) is 24.1 Å². The zero-order valence-electron chi connectivity index (χ0n) is 16.4. The molecule has 0 unspecified atom stereocenters. The SMILES string of the molecule is CCOCc1c(C(=O)OCC(=O)NCc2ccc(OC)cc2)oc2ccccc12. The molecular formula is C22H23NO6. The Morgan fingerprint density at radius 3 is 2.55 bits per heavy atom. The third-order valence-corrected chi connectivity index (χ3v) is 4.32. The fourth-order valence-corrected chi connectivity index (χ4v) is 2.80. The molecule has 0 aliphatic heterocycles. The molecule has 7 nitrogen and oxygen atoms in total. The van der Waals surface area contributed by atoms with E-state index in [1.807, 2.05) is 49.4 Å². The van der Waals surface area contributed by atoms with E-state index in [4.69, 9.17) is 18.6 Å². The summed E-state index contributed by atoms with van der Waals surface area (Å²) in [5.41, 5.74) is 2.09. The summed E-state index contributed by atoms with van der Waals surface area (Å²) in [6, 6.07) is 14.6. The molecular weight excluding hydrogens is 374 g/mol. The minimum Gasteiger partial charge on any atom is -0.497 e. The van der Waals surface area contributed by atoms with Crippen molar-refractivity contribution in [2.45, 2.75) is 20.1 Å².